The summed E-state index contributed by atoms with van der Waals surface area (Å²) in [6.45, 7) is 3.53. The molecule has 2 aromatic rings. The predicted octanol–water partition coefficient (Wildman–Crippen LogP) is 4.01. The molecule has 1 atom stereocenters. The van der Waals surface area contributed by atoms with Crippen molar-refractivity contribution in [2.75, 3.05) is 30.4 Å². The highest BCUT2D eigenvalue weighted by molar-refractivity contribution is 5.97. The standard InChI is InChI=1S/C22H25FN2O4/c1-15(29-22(27)19-11-10-18(28-2)14-20(19)23)21(26)24-16-6-8-17(9-7-16)25-12-4-3-5-13-25/h6-11,14-15H,3-5,12-13H2,1-2H3,(H,24,26)/t15-/m0/s1. The predicted molar refractivity (Wildman–Crippen MR) is 109 cm³/mol. The van der Waals surface area contributed by atoms with Crippen LogP contribution in [0.5, 0.6) is 5.75 Å². The van der Waals surface area contributed by atoms with Crippen LogP contribution in [0.1, 0.15) is 36.5 Å². The van der Waals surface area contributed by atoms with Crippen LogP contribution in [0.4, 0.5) is 15.8 Å². The maximum atomic E-state index is 14.0. The molecule has 1 saturated heterocycles. The normalized spacial score (nSPS) is 14.8. The Morgan fingerprint density at radius 3 is 2.38 bits per heavy atom. The van der Waals surface area contributed by atoms with Crippen molar-refractivity contribution in [3.8, 4) is 5.75 Å². The second-order valence-corrected chi connectivity index (χ2v) is 6.98. The smallest absolute Gasteiger partial charge is 0.341 e. The number of piperidine rings is 1. The van der Waals surface area contributed by atoms with Crippen molar-refractivity contribution in [1.82, 2.24) is 0 Å². The fourth-order valence-electron chi connectivity index (χ4n) is 3.22. The molecule has 0 spiro atoms. The van der Waals surface area contributed by atoms with E-state index in [4.69, 9.17) is 9.47 Å². The lowest BCUT2D eigenvalue weighted by atomic mass is 10.1. The molecule has 0 aromatic heterocycles. The van der Waals surface area contributed by atoms with E-state index in [-0.39, 0.29) is 11.3 Å². The summed E-state index contributed by atoms with van der Waals surface area (Å²) in [5.41, 5.74) is 1.47. The van der Waals surface area contributed by atoms with Crippen LogP contribution < -0.4 is 15.0 Å². The van der Waals surface area contributed by atoms with E-state index in [9.17, 15) is 14.0 Å². The van der Waals surface area contributed by atoms with Gasteiger partial charge in [-0.1, -0.05) is 0 Å². The summed E-state index contributed by atoms with van der Waals surface area (Å²) in [5, 5.41) is 2.71. The molecule has 0 radical (unpaired) electrons. The van der Waals surface area contributed by atoms with E-state index in [1.807, 2.05) is 24.3 Å². The Balaban J connectivity index is 1.56. The summed E-state index contributed by atoms with van der Waals surface area (Å²) < 4.78 is 24.0. The van der Waals surface area contributed by atoms with Gasteiger partial charge in [0.05, 0.1) is 12.7 Å². The summed E-state index contributed by atoms with van der Waals surface area (Å²) in [6.07, 6.45) is 2.57. The second kappa shape index (κ2) is 9.41. The molecule has 154 valence electrons. The lowest BCUT2D eigenvalue weighted by Gasteiger charge is -2.28. The summed E-state index contributed by atoms with van der Waals surface area (Å²) in [4.78, 5) is 26.8. The number of carbonyl (C=O) groups excluding carboxylic acids is 2. The number of esters is 1. The summed E-state index contributed by atoms with van der Waals surface area (Å²) in [7, 11) is 1.40. The highest BCUT2D eigenvalue weighted by Gasteiger charge is 2.22. The molecule has 1 aliphatic heterocycles. The largest absolute Gasteiger partial charge is 0.497 e. The van der Waals surface area contributed by atoms with Gasteiger partial charge in [0.25, 0.3) is 5.91 Å². The summed E-state index contributed by atoms with van der Waals surface area (Å²) >= 11 is 0. The van der Waals surface area contributed by atoms with Crippen LogP contribution in [0.3, 0.4) is 0 Å². The molecule has 0 bridgehead atoms. The zero-order valence-corrected chi connectivity index (χ0v) is 16.6. The average Bonchev–Trinajstić information content (AvgIpc) is 2.74. The number of benzene rings is 2. The maximum absolute atomic E-state index is 14.0. The SMILES string of the molecule is COc1ccc(C(=O)O[C@@H](C)C(=O)Nc2ccc(N3CCCCC3)cc2)c(F)c1. The van der Waals surface area contributed by atoms with Gasteiger partial charge in [0.2, 0.25) is 0 Å². The van der Waals surface area contributed by atoms with Gasteiger partial charge in [-0.15, -0.1) is 0 Å². The Morgan fingerprint density at radius 2 is 1.76 bits per heavy atom. The molecule has 0 saturated carbocycles. The van der Waals surface area contributed by atoms with Gasteiger partial charge < -0.3 is 19.7 Å². The quantitative estimate of drug-likeness (QED) is 0.742. The van der Waals surface area contributed by atoms with Crippen LogP contribution in [0.2, 0.25) is 0 Å². The Labute approximate surface area is 169 Å². The molecule has 1 aliphatic rings. The van der Waals surface area contributed by atoms with Crippen molar-refractivity contribution >= 4 is 23.3 Å². The first-order chi connectivity index (χ1) is 14.0. The maximum Gasteiger partial charge on any atom is 0.341 e. The molecule has 1 heterocycles. The number of amides is 1. The molecule has 2 aromatic carbocycles. The van der Waals surface area contributed by atoms with E-state index in [1.165, 1.54) is 45.4 Å². The molecule has 6 nitrogen and oxygen atoms in total. The minimum absolute atomic E-state index is 0.253. The van der Waals surface area contributed by atoms with Crippen LogP contribution in [-0.4, -0.2) is 38.2 Å². The Hall–Kier alpha value is -3.09. The third-order valence-corrected chi connectivity index (χ3v) is 4.91. The van der Waals surface area contributed by atoms with E-state index in [2.05, 4.69) is 10.2 Å². The molecule has 3 rings (SSSR count). The van der Waals surface area contributed by atoms with Crippen molar-refractivity contribution in [2.45, 2.75) is 32.3 Å². The van der Waals surface area contributed by atoms with Crippen molar-refractivity contribution in [3.05, 3.63) is 53.8 Å². The topological polar surface area (TPSA) is 67.9 Å². The number of halogens is 1. The van der Waals surface area contributed by atoms with Gasteiger partial charge in [0, 0.05) is 30.5 Å². The van der Waals surface area contributed by atoms with E-state index in [0.717, 1.165) is 24.8 Å². The second-order valence-electron chi connectivity index (χ2n) is 6.98. The fourth-order valence-corrected chi connectivity index (χ4v) is 3.22. The number of nitrogens with one attached hydrogen (secondary N) is 1. The van der Waals surface area contributed by atoms with Crippen molar-refractivity contribution in [3.63, 3.8) is 0 Å². The number of carbonyl (C=O) groups is 2. The number of hydrogen-bond acceptors (Lipinski definition) is 5. The van der Waals surface area contributed by atoms with Crippen molar-refractivity contribution in [1.29, 1.82) is 0 Å². The number of methoxy groups -OCH3 is 1. The number of hydrogen-bond donors (Lipinski definition) is 1. The van der Waals surface area contributed by atoms with Gasteiger partial charge in [-0.3, -0.25) is 4.79 Å². The van der Waals surface area contributed by atoms with Gasteiger partial charge in [0.15, 0.2) is 6.10 Å². The Bertz CT molecular complexity index is 864. The van der Waals surface area contributed by atoms with E-state index in [0.29, 0.717) is 5.69 Å². The third kappa shape index (κ3) is 5.25. The van der Waals surface area contributed by atoms with Crippen LogP contribution in [0.25, 0.3) is 0 Å². The van der Waals surface area contributed by atoms with Gasteiger partial charge >= 0.3 is 5.97 Å². The van der Waals surface area contributed by atoms with E-state index in [1.54, 1.807) is 0 Å². The average molecular weight is 400 g/mol. The minimum atomic E-state index is -1.08. The first kappa shape index (κ1) is 20.6. The van der Waals surface area contributed by atoms with Gasteiger partial charge in [0.1, 0.15) is 11.6 Å². The summed E-state index contributed by atoms with van der Waals surface area (Å²) in [5.74, 6) is -1.88. The van der Waals surface area contributed by atoms with Gasteiger partial charge in [-0.05, 0) is 62.6 Å². The Kier molecular flexibility index (Phi) is 6.69. The molecule has 0 unspecified atom stereocenters. The lowest BCUT2D eigenvalue weighted by molar-refractivity contribution is -0.123. The highest BCUT2D eigenvalue weighted by Crippen LogP contribution is 2.22. The van der Waals surface area contributed by atoms with Crippen LogP contribution in [0.15, 0.2) is 42.5 Å². The van der Waals surface area contributed by atoms with E-state index < -0.39 is 23.8 Å². The first-order valence-corrected chi connectivity index (χ1v) is 9.68. The lowest BCUT2D eigenvalue weighted by Crippen LogP contribution is -2.30. The van der Waals surface area contributed by atoms with Crippen LogP contribution in [-0.2, 0) is 9.53 Å². The highest BCUT2D eigenvalue weighted by atomic mass is 19.1. The Morgan fingerprint density at radius 1 is 1.07 bits per heavy atom. The molecular weight excluding hydrogens is 375 g/mol. The van der Waals surface area contributed by atoms with E-state index >= 15 is 0 Å². The number of rotatable bonds is 6. The molecule has 7 heteroatoms. The molecule has 1 amide bonds. The molecule has 29 heavy (non-hydrogen) atoms. The number of anilines is 2. The monoisotopic (exact) mass is 400 g/mol. The van der Waals surface area contributed by atoms with Crippen molar-refractivity contribution < 1.29 is 23.5 Å². The molecular formula is C22H25FN2O4. The first-order valence-electron chi connectivity index (χ1n) is 9.68. The van der Waals surface area contributed by atoms with Gasteiger partial charge in [-0.25, -0.2) is 9.18 Å². The van der Waals surface area contributed by atoms with Gasteiger partial charge in [-0.2, -0.15) is 0 Å². The minimum Gasteiger partial charge on any atom is -0.497 e. The fraction of sp³-hybridized carbons (Fsp3) is 0.364. The number of nitrogens with zero attached hydrogens (tertiary/aromatic N) is 1. The zero-order chi connectivity index (χ0) is 20.8. The number of ether oxygens (including phenoxy) is 2. The third-order valence-electron chi connectivity index (χ3n) is 4.91. The van der Waals surface area contributed by atoms with Crippen LogP contribution in [0, 0.1) is 5.82 Å². The van der Waals surface area contributed by atoms with Crippen LogP contribution >= 0.6 is 0 Å². The molecule has 1 fully saturated rings. The molecule has 1 N–H and O–H groups in total. The molecule has 0 aliphatic carbocycles. The summed E-state index contributed by atoms with van der Waals surface area (Å²) in [6, 6.07) is 11.4. The zero-order valence-electron chi connectivity index (χ0n) is 16.6. The van der Waals surface area contributed by atoms with Crippen molar-refractivity contribution in [2.24, 2.45) is 0 Å².